The van der Waals surface area contributed by atoms with Crippen molar-refractivity contribution >= 4 is 11.9 Å². The molecule has 212 valence electrons. The summed E-state index contributed by atoms with van der Waals surface area (Å²) in [6.07, 6.45) is 5.95. The molecule has 8 heteroatoms. The van der Waals surface area contributed by atoms with Gasteiger partial charge in [0.2, 0.25) is 0 Å². The van der Waals surface area contributed by atoms with Crippen LogP contribution in [0.15, 0.2) is 34.9 Å². The third kappa shape index (κ3) is 4.28. The fourth-order valence-electron chi connectivity index (χ4n) is 9.36. The average molecular weight is 531 g/mol. The van der Waals surface area contributed by atoms with Gasteiger partial charge in [-0.1, -0.05) is 38.5 Å². The van der Waals surface area contributed by atoms with Crippen molar-refractivity contribution in [3.63, 3.8) is 0 Å². The predicted octanol–water partition coefficient (Wildman–Crippen LogP) is 3.07. The molecule has 0 saturated heterocycles. The van der Waals surface area contributed by atoms with Gasteiger partial charge in [0.25, 0.3) is 0 Å². The summed E-state index contributed by atoms with van der Waals surface area (Å²) in [5.74, 6) is -1.93. The number of rotatable bonds is 4. The van der Waals surface area contributed by atoms with Crippen LogP contribution in [0.25, 0.3) is 0 Å². The number of hydrogen-bond donors (Lipinski definition) is 5. The van der Waals surface area contributed by atoms with E-state index in [2.05, 4.69) is 20.8 Å². The molecule has 0 radical (unpaired) electrons. The highest BCUT2D eigenvalue weighted by Crippen LogP contribution is 2.73. The number of ether oxygens (including phenoxy) is 1. The van der Waals surface area contributed by atoms with Gasteiger partial charge in [-0.05, 0) is 91.6 Å². The number of fused-ring (bicyclic) bond motifs is 5. The van der Waals surface area contributed by atoms with E-state index in [0.717, 1.165) is 18.4 Å². The normalized spacial score (nSPS) is 47.5. The zero-order valence-electron chi connectivity index (χ0n) is 23.6. The van der Waals surface area contributed by atoms with E-state index in [9.17, 15) is 24.9 Å². The van der Waals surface area contributed by atoms with Gasteiger partial charge in [0.05, 0.1) is 17.8 Å². The second kappa shape index (κ2) is 9.88. The number of carboxylic acids is 1. The van der Waals surface area contributed by atoms with Gasteiger partial charge in [-0.3, -0.25) is 4.79 Å². The lowest BCUT2D eigenvalue weighted by Crippen LogP contribution is -2.70. The number of aliphatic carboxylic acids is 1. The molecular formula is C30H46N2O6. The van der Waals surface area contributed by atoms with Crippen LogP contribution in [0, 0.1) is 34.0 Å². The summed E-state index contributed by atoms with van der Waals surface area (Å²) in [4.78, 5) is 24.8. The maximum Gasteiger partial charge on any atom is 0.335 e. The van der Waals surface area contributed by atoms with Gasteiger partial charge in [0.15, 0.2) is 0 Å². The first-order chi connectivity index (χ1) is 17.6. The van der Waals surface area contributed by atoms with Gasteiger partial charge in [0, 0.05) is 19.0 Å². The zero-order valence-corrected chi connectivity index (χ0v) is 23.6. The molecule has 0 bridgehead atoms. The molecule has 0 spiro atoms. The summed E-state index contributed by atoms with van der Waals surface area (Å²) in [5, 5.41) is 32.8. The number of hydrogen-bond acceptors (Lipinski definition) is 7. The molecule has 4 rings (SSSR count). The van der Waals surface area contributed by atoms with Crippen molar-refractivity contribution in [1.82, 2.24) is 0 Å². The maximum absolute atomic E-state index is 12.6. The largest absolute Gasteiger partial charge is 0.478 e. The smallest absolute Gasteiger partial charge is 0.335 e. The Morgan fingerprint density at radius 3 is 2.29 bits per heavy atom. The number of esters is 1. The topological polar surface area (TPSA) is 156 Å². The van der Waals surface area contributed by atoms with Crippen molar-refractivity contribution < 1.29 is 29.6 Å². The number of carbonyl (C=O) groups is 2. The Kier molecular flexibility index (Phi) is 7.54. The molecular weight excluding hydrogens is 484 g/mol. The molecule has 0 unspecified atom stereocenters. The van der Waals surface area contributed by atoms with Crippen LogP contribution < -0.4 is 11.5 Å². The van der Waals surface area contributed by atoms with Crippen molar-refractivity contribution in [2.24, 2.45) is 45.5 Å². The molecule has 7 N–H and O–H groups in total. The first kappa shape index (κ1) is 29.0. The standard InChI is InChI=1S/C30H46N2O6/c1-15(2)8-7-9-17(27(36)37)23-19-12-21(34)26-28(4)13-20(31)25(35)24(32)18(28)10-11-29(26,5)30(19,6)14-22(23)38-16(3)33/h7-9,18-22,24-26,34-35H,10-14,31-32H2,1-6H3,(H,36,37)/b9-7-,23-17-/t18-,19-,20+,21+,22-,24-,25+,26-,28-,29-,30-/m0/s1. The Labute approximate surface area is 226 Å². The lowest BCUT2D eigenvalue weighted by molar-refractivity contribution is -0.229. The molecule has 4 aliphatic rings. The summed E-state index contributed by atoms with van der Waals surface area (Å²) in [5.41, 5.74) is 13.5. The van der Waals surface area contributed by atoms with E-state index in [4.69, 9.17) is 16.2 Å². The third-order valence-electron chi connectivity index (χ3n) is 11.0. The van der Waals surface area contributed by atoms with E-state index >= 15 is 0 Å². The molecule has 0 aromatic carbocycles. The van der Waals surface area contributed by atoms with Crippen LogP contribution in [-0.4, -0.2) is 57.7 Å². The van der Waals surface area contributed by atoms with Crippen molar-refractivity contribution in [3.05, 3.63) is 34.9 Å². The number of allylic oxidation sites excluding steroid dienone is 3. The van der Waals surface area contributed by atoms with Gasteiger partial charge < -0.3 is 31.5 Å². The Morgan fingerprint density at radius 2 is 1.71 bits per heavy atom. The minimum absolute atomic E-state index is 0.0208. The Hall–Kier alpha value is -2.00. The molecule has 4 fully saturated rings. The van der Waals surface area contributed by atoms with E-state index in [0.29, 0.717) is 24.8 Å². The summed E-state index contributed by atoms with van der Waals surface area (Å²) < 4.78 is 5.82. The summed E-state index contributed by atoms with van der Waals surface area (Å²) in [6, 6.07) is -0.935. The SMILES string of the molecule is CC(=O)O[C@H]1C[C@@]2(C)[C@@H](C[C@@H](O)[C@H]3[C@@]4(C)C[C@@H](N)[C@@H](O)[C@@H](N)[C@@H]4CC[C@@]32C)/C1=C(\C=C/C=C(C)C)C(=O)O. The van der Waals surface area contributed by atoms with Crippen molar-refractivity contribution in [1.29, 1.82) is 0 Å². The number of aliphatic hydroxyl groups excluding tert-OH is 2. The summed E-state index contributed by atoms with van der Waals surface area (Å²) in [7, 11) is 0. The minimum atomic E-state index is -1.07. The van der Waals surface area contributed by atoms with Crippen LogP contribution in [0.5, 0.6) is 0 Å². The highest BCUT2D eigenvalue weighted by Gasteiger charge is 2.71. The van der Waals surface area contributed by atoms with Crippen LogP contribution >= 0.6 is 0 Å². The Morgan fingerprint density at radius 1 is 1.05 bits per heavy atom. The average Bonchev–Trinajstić information content (AvgIpc) is 3.06. The summed E-state index contributed by atoms with van der Waals surface area (Å²) >= 11 is 0. The number of nitrogens with two attached hydrogens (primary N) is 2. The fraction of sp³-hybridized carbons (Fsp3) is 0.733. The highest BCUT2D eigenvalue weighted by atomic mass is 16.5. The Bertz CT molecular complexity index is 1080. The molecule has 0 aromatic heterocycles. The second-order valence-electron chi connectivity index (χ2n) is 13.3. The molecule has 4 aliphatic carbocycles. The zero-order chi connectivity index (χ0) is 28.4. The molecule has 0 heterocycles. The van der Waals surface area contributed by atoms with Crippen molar-refractivity contribution in [3.8, 4) is 0 Å². The first-order valence-corrected chi connectivity index (χ1v) is 13.9. The molecule has 4 saturated carbocycles. The van der Waals surface area contributed by atoms with Gasteiger partial charge in [-0.15, -0.1) is 0 Å². The van der Waals surface area contributed by atoms with Gasteiger partial charge in [-0.2, -0.15) is 0 Å². The molecule has 0 aromatic rings. The predicted molar refractivity (Wildman–Crippen MR) is 145 cm³/mol. The monoisotopic (exact) mass is 530 g/mol. The molecule has 11 atom stereocenters. The number of carboxylic acid groups (broad SMARTS) is 1. The van der Waals surface area contributed by atoms with Gasteiger partial charge in [0.1, 0.15) is 6.10 Å². The summed E-state index contributed by atoms with van der Waals surface area (Å²) in [6.45, 7) is 11.8. The molecule has 38 heavy (non-hydrogen) atoms. The number of aliphatic hydroxyl groups is 2. The quantitative estimate of drug-likeness (QED) is 0.211. The van der Waals surface area contributed by atoms with E-state index < -0.39 is 53.2 Å². The van der Waals surface area contributed by atoms with Crippen LogP contribution in [0.2, 0.25) is 0 Å². The maximum atomic E-state index is 12.6. The fourth-order valence-corrected chi connectivity index (χ4v) is 9.36. The third-order valence-corrected chi connectivity index (χ3v) is 11.0. The van der Waals surface area contributed by atoms with Crippen LogP contribution in [0.1, 0.15) is 73.6 Å². The van der Waals surface area contributed by atoms with Crippen molar-refractivity contribution in [2.45, 2.75) is 104 Å². The van der Waals surface area contributed by atoms with Crippen LogP contribution in [-0.2, 0) is 14.3 Å². The molecule has 8 nitrogen and oxygen atoms in total. The number of carbonyl (C=O) groups excluding carboxylic acids is 1. The van der Waals surface area contributed by atoms with E-state index in [1.165, 1.54) is 6.92 Å². The molecule has 0 amide bonds. The van der Waals surface area contributed by atoms with Gasteiger partial charge >= 0.3 is 11.9 Å². The highest BCUT2D eigenvalue weighted by molar-refractivity contribution is 5.91. The minimum Gasteiger partial charge on any atom is -0.478 e. The van der Waals surface area contributed by atoms with E-state index in [1.807, 2.05) is 19.9 Å². The Balaban J connectivity index is 1.87. The lowest BCUT2D eigenvalue weighted by atomic mass is 9.36. The second-order valence-corrected chi connectivity index (χ2v) is 13.3. The molecule has 0 aliphatic heterocycles. The van der Waals surface area contributed by atoms with Crippen LogP contribution in [0.3, 0.4) is 0 Å². The lowest BCUT2D eigenvalue weighted by Gasteiger charge is -2.69. The van der Waals surface area contributed by atoms with E-state index in [1.54, 1.807) is 12.2 Å². The van der Waals surface area contributed by atoms with Crippen LogP contribution in [0.4, 0.5) is 0 Å². The van der Waals surface area contributed by atoms with E-state index in [-0.39, 0.29) is 28.7 Å². The van der Waals surface area contributed by atoms with Crippen molar-refractivity contribution in [2.75, 3.05) is 0 Å². The first-order valence-electron chi connectivity index (χ1n) is 13.9. The van der Waals surface area contributed by atoms with Gasteiger partial charge in [-0.25, -0.2) is 4.79 Å².